The molecule has 0 aliphatic rings. The molecule has 1 N–H and O–H groups in total. The fraction of sp³-hybridized carbons (Fsp3) is 0.176. The Kier molecular flexibility index (Phi) is 5.12. The van der Waals surface area contributed by atoms with Crippen molar-refractivity contribution in [1.29, 1.82) is 0 Å². The standard InChI is InChI=1S/C17H13F3N6O4/c1-9-12-6-11(7-21-15(12)24(2)23-9)25(8-27)16(28)22-10-3-4-14(26(29)30)13(5-10)17(18,19)20/h3-8H,1-2H3,(H,22,28). The molecule has 3 amide bonds. The Morgan fingerprint density at radius 3 is 2.63 bits per heavy atom. The van der Waals surface area contributed by atoms with E-state index in [1.165, 1.54) is 16.9 Å². The number of pyridine rings is 1. The summed E-state index contributed by atoms with van der Waals surface area (Å²) in [6, 6.07) is 2.38. The number of nitrogens with one attached hydrogen (secondary N) is 1. The Hall–Kier alpha value is -4.03. The van der Waals surface area contributed by atoms with Crippen LogP contribution in [-0.2, 0) is 18.0 Å². The van der Waals surface area contributed by atoms with Gasteiger partial charge < -0.3 is 5.32 Å². The van der Waals surface area contributed by atoms with Crippen LogP contribution < -0.4 is 10.2 Å². The van der Waals surface area contributed by atoms with Gasteiger partial charge in [0.05, 0.1) is 22.5 Å². The smallest absolute Gasteiger partial charge is 0.307 e. The molecule has 0 unspecified atom stereocenters. The van der Waals surface area contributed by atoms with Crippen LogP contribution in [0.15, 0.2) is 30.5 Å². The number of nitrogens with zero attached hydrogens (tertiary/aromatic N) is 5. The summed E-state index contributed by atoms with van der Waals surface area (Å²) in [5, 5.41) is 17.7. The summed E-state index contributed by atoms with van der Waals surface area (Å²) in [5.41, 5.74) is -1.90. The number of anilines is 2. The molecule has 0 saturated heterocycles. The Labute approximate surface area is 166 Å². The van der Waals surface area contributed by atoms with Crippen molar-refractivity contribution in [3.8, 4) is 0 Å². The number of aromatic nitrogens is 3. The number of nitro groups is 1. The van der Waals surface area contributed by atoms with E-state index in [1.807, 2.05) is 0 Å². The maximum atomic E-state index is 13.1. The largest absolute Gasteiger partial charge is 0.423 e. The van der Waals surface area contributed by atoms with Gasteiger partial charge in [0.2, 0.25) is 6.41 Å². The number of hydrogen-bond donors (Lipinski definition) is 1. The third-order valence-electron chi connectivity index (χ3n) is 4.20. The van der Waals surface area contributed by atoms with Crippen LogP contribution in [0.25, 0.3) is 11.0 Å². The number of fused-ring (bicyclic) bond motifs is 1. The van der Waals surface area contributed by atoms with Gasteiger partial charge in [-0.25, -0.2) is 14.7 Å². The predicted molar refractivity (Wildman–Crippen MR) is 98.9 cm³/mol. The van der Waals surface area contributed by atoms with Crippen LogP contribution in [-0.4, -0.2) is 32.1 Å². The summed E-state index contributed by atoms with van der Waals surface area (Å²) in [6.45, 7) is 1.70. The number of carbonyl (C=O) groups is 2. The summed E-state index contributed by atoms with van der Waals surface area (Å²) in [4.78, 5) is 38.3. The Bertz CT molecular complexity index is 1170. The van der Waals surface area contributed by atoms with Crippen molar-refractivity contribution in [2.75, 3.05) is 10.2 Å². The number of aryl methyl sites for hydroxylation is 2. The Balaban J connectivity index is 1.93. The molecule has 0 aliphatic heterocycles. The maximum absolute atomic E-state index is 13.1. The van der Waals surface area contributed by atoms with Crippen LogP contribution in [0.2, 0.25) is 0 Å². The highest BCUT2D eigenvalue weighted by Crippen LogP contribution is 2.37. The second-order valence-corrected chi connectivity index (χ2v) is 6.17. The number of alkyl halides is 3. The van der Waals surface area contributed by atoms with Crippen molar-refractivity contribution in [2.45, 2.75) is 13.1 Å². The lowest BCUT2D eigenvalue weighted by molar-refractivity contribution is -0.388. The van der Waals surface area contributed by atoms with Gasteiger partial charge >= 0.3 is 12.2 Å². The highest BCUT2D eigenvalue weighted by Gasteiger charge is 2.38. The monoisotopic (exact) mass is 422 g/mol. The number of urea groups is 1. The lowest BCUT2D eigenvalue weighted by Crippen LogP contribution is -2.33. The zero-order valence-electron chi connectivity index (χ0n) is 15.5. The van der Waals surface area contributed by atoms with E-state index < -0.39 is 28.4 Å². The minimum absolute atomic E-state index is 0.0593. The third-order valence-corrected chi connectivity index (χ3v) is 4.20. The fourth-order valence-corrected chi connectivity index (χ4v) is 2.84. The van der Waals surface area contributed by atoms with Gasteiger partial charge in [0.25, 0.3) is 5.69 Å². The number of hydrogen-bond acceptors (Lipinski definition) is 6. The second-order valence-electron chi connectivity index (χ2n) is 6.17. The van der Waals surface area contributed by atoms with E-state index >= 15 is 0 Å². The van der Waals surface area contributed by atoms with E-state index in [0.29, 0.717) is 33.8 Å². The first-order chi connectivity index (χ1) is 14.0. The van der Waals surface area contributed by atoms with Crippen molar-refractivity contribution < 1.29 is 27.7 Å². The summed E-state index contributed by atoms with van der Waals surface area (Å²) in [5.74, 6) is 0. The van der Waals surface area contributed by atoms with E-state index in [0.717, 1.165) is 6.07 Å². The van der Waals surface area contributed by atoms with Crippen LogP contribution in [0.3, 0.4) is 0 Å². The van der Waals surface area contributed by atoms with E-state index in [9.17, 15) is 32.9 Å². The highest BCUT2D eigenvalue weighted by atomic mass is 19.4. The molecule has 13 heteroatoms. The molecule has 2 aromatic heterocycles. The molecule has 1 aromatic carbocycles. The van der Waals surface area contributed by atoms with Gasteiger partial charge in [0.1, 0.15) is 5.56 Å². The topological polar surface area (TPSA) is 123 Å². The summed E-state index contributed by atoms with van der Waals surface area (Å²) in [7, 11) is 1.67. The molecular formula is C17H13F3N6O4. The quantitative estimate of drug-likeness (QED) is 0.391. The van der Waals surface area contributed by atoms with Gasteiger partial charge in [0.15, 0.2) is 5.65 Å². The lowest BCUT2D eigenvalue weighted by atomic mass is 10.1. The Morgan fingerprint density at radius 2 is 2.03 bits per heavy atom. The molecule has 3 rings (SSSR count). The molecule has 0 aliphatic carbocycles. The van der Waals surface area contributed by atoms with Gasteiger partial charge in [-0.3, -0.25) is 19.6 Å². The van der Waals surface area contributed by atoms with Gasteiger partial charge in [-0.2, -0.15) is 18.3 Å². The van der Waals surface area contributed by atoms with Gasteiger partial charge in [-0.1, -0.05) is 0 Å². The van der Waals surface area contributed by atoms with Gasteiger partial charge in [0, 0.05) is 24.2 Å². The number of imide groups is 1. The zero-order chi connectivity index (χ0) is 22.2. The molecule has 2 heterocycles. The van der Waals surface area contributed by atoms with Crippen LogP contribution in [0, 0.1) is 17.0 Å². The first-order valence-corrected chi connectivity index (χ1v) is 8.23. The van der Waals surface area contributed by atoms with Crippen molar-refractivity contribution in [3.63, 3.8) is 0 Å². The van der Waals surface area contributed by atoms with Crippen molar-refractivity contribution in [2.24, 2.45) is 7.05 Å². The molecule has 0 saturated carbocycles. The SMILES string of the molecule is Cc1nn(C)c2ncc(N(C=O)C(=O)Nc3ccc([N+](=O)[O-])c(C(F)(F)F)c3)cc12. The molecule has 156 valence electrons. The van der Waals surface area contributed by atoms with Crippen LogP contribution in [0.5, 0.6) is 0 Å². The third kappa shape index (κ3) is 3.76. The van der Waals surface area contributed by atoms with Gasteiger partial charge in [-0.15, -0.1) is 0 Å². The van der Waals surface area contributed by atoms with Crippen LogP contribution >= 0.6 is 0 Å². The molecule has 10 nitrogen and oxygen atoms in total. The minimum Gasteiger partial charge on any atom is -0.307 e. The van der Waals surface area contributed by atoms with Crippen molar-refractivity contribution >= 4 is 40.5 Å². The van der Waals surface area contributed by atoms with Crippen LogP contribution in [0.4, 0.5) is 35.0 Å². The summed E-state index contributed by atoms with van der Waals surface area (Å²) >= 11 is 0. The molecule has 30 heavy (non-hydrogen) atoms. The molecule has 0 bridgehead atoms. The molecule has 0 atom stereocenters. The fourth-order valence-electron chi connectivity index (χ4n) is 2.84. The highest BCUT2D eigenvalue weighted by molar-refractivity contribution is 6.12. The predicted octanol–water partition coefficient (Wildman–Crippen LogP) is 3.40. The summed E-state index contributed by atoms with van der Waals surface area (Å²) < 4.78 is 40.8. The zero-order valence-corrected chi connectivity index (χ0v) is 15.5. The number of nitro benzene ring substituents is 1. The van der Waals surface area contributed by atoms with Crippen LogP contribution in [0.1, 0.15) is 11.3 Å². The first kappa shape index (κ1) is 20.7. The molecule has 0 fully saturated rings. The summed E-state index contributed by atoms with van der Waals surface area (Å²) in [6.07, 6.45) is -3.62. The van der Waals surface area contributed by atoms with Gasteiger partial charge in [-0.05, 0) is 25.1 Å². The van der Waals surface area contributed by atoms with Crippen molar-refractivity contribution in [3.05, 3.63) is 51.8 Å². The minimum atomic E-state index is -5.01. The molecule has 0 radical (unpaired) electrons. The first-order valence-electron chi connectivity index (χ1n) is 8.23. The number of benzene rings is 1. The Morgan fingerprint density at radius 1 is 1.33 bits per heavy atom. The number of carbonyl (C=O) groups excluding carboxylic acids is 2. The van der Waals surface area contributed by atoms with E-state index in [4.69, 9.17) is 0 Å². The second kappa shape index (κ2) is 7.42. The average molecular weight is 422 g/mol. The van der Waals surface area contributed by atoms with E-state index in [-0.39, 0.29) is 17.8 Å². The van der Waals surface area contributed by atoms with E-state index in [2.05, 4.69) is 15.4 Å². The number of halogens is 3. The lowest BCUT2D eigenvalue weighted by Gasteiger charge is -2.17. The molecular weight excluding hydrogens is 409 g/mol. The molecule has 3 aromatic rings. The van der Waals surface area contributed by atoms with Crippen molar-refractivity contribution in [1.82, 2.24) is 14.8 Å². The maximum Gasteiger partial charge on any atom is 0.423 e. The average Bonchev–Trinajstić information content (AvgIpc) is 2.95. The normalized spacial score (nSPS) is 11.4. The number of amides is 3. The molecule has 0 spiro atoms. The number of rotatable bonds is 4. The van der Waals surface area contributed by atoms with E-state index in [1.54, 1.807) is 14.0 Å².